The van der Waals surface area contributed by atoms with E-state index in [2.05, 4.69) is 0 Å². The van der Waals surface area contributed by atoms with Gasteiger partial charge in [-0.05, 0) is 0 Å². The molecule has 0 aromatic heterocycles. The largest absolute Gasteiger partial charge is 0.387 e. The number of ether oxygens (including phenoxy) is 3. The van der Waals surface area contributed by atoms with Crippen LogP contribution in [0.4, 0.5) is 0 Å². The van der Waals surface area contributed by atoms with Crippen LogP contribution in [0.15, 0.2) is 0 Å². The van der Waals surface area contributed by atoms with Gasteiger partial charge in [0, 0.05) is 0 Å². The highest BCUT2D eigenvalue weighted by atomic mass is 16.7. The summed E-state index contributed by atoms with van der Waals surface area (Å²) in [6.07, 6.45) is -10.9. The van der Waals surface area contributed by atoms with Gasteiger partial charge in [0.2, 0.25) is 0 Å². The van der Waals surface area contributed by atoms with E-state index >= 15 is 0 Å². The van der Waals surface area contributed by atoms with Gasteiger partial charge >= 0.3 is 0 Å². The van der Waals surface area contributed by atoms with Crippen LogP contribution in [0.3, 0.4) is 0 Å². The Morgan fingerprint density at radius 3 is 1.37 bits per heavy atom. The Hall–Kier alpha value is -0.360. The zero-order chi connectivity index (χ0) is 14.2. The van der Waals surface area contributed by atoms with E-state index in [0.29, 0.717) is 0 Å². The Morgan fingerprint density at radius 2 is 1.00 bits per heavy atom. The van der Waals surface area contributed by atoms with Crippen LogP contribution in [0, 0.1) is 0 Å². The lowest BCUT2D eigenvalue weighted by Crippen LogP contribution is -2.59. The summed E-state index contributed by atoms with van der Waals surface area (Å²) in [4.78, 5) is 0. The predicted octanol–water partition coefficient (Wildman–Crippen LogP) is -4.12. The van der Waals surface area contributed by atoms with Crippen molar-refractivity contribution in [3.63, 3.8) is 0 Å². The summed E-state index contributed by atoms with van der Waals surface area (Å²) in [5.41, 5.74) is 0. The SMILES string of the molecule is O[C@@H]1[C@@H](O)[C@H](O[C@@H]2CO[C@@H](O)[C@@H](O)[C@@H]2O)CO[C@@H]1O. The van der Waals surface area contributed by atoms with Crippen LogP contribution in [0.5, 0.6) is 0 Å². The van der Waals surface area contributed by atoms with Crippen molar-refractivity contribution in [1.82, 2.24) is 0 Å². The molecule has 0 saturated carbocycles. The van der Waals surface area contributed by atoms with Gasteiger partial charge in [0.05, 0.1) is 13.2 Å². The number of rotatable bonds is 2. The number of hydrogen-bond donors (Lipinski definition) is 6. The van der Waals surface area contributed by atoms with Gasteiger partial charge in [0.15, 0.2) is 12.6 Å². The normalized spacial score (nSPS) is 52.1. The van der Waals surface area contributed by atoms with E-state index in [0.717, 1.165) is 0 Å². The van der Waals surface area contributed by atoms with E-state index in [1.807, 2.05) is 0 Å². The molecule has 2 aliphatic heterocycles. The molecule has 0 aromatic rings. The Bertz CT molecular complexity index is 273. The monoisotopic (exact) mass is 282 g/mol. The van der Waals surface area contributed by atoms with E-state index in [1.165, 1.54) is 0 Å². The average molecular weight is 282 g/mol. The molecule has 0 aromatic carbocycles. The Kier molecular flexibility index (Phi) is 4.71. The number of hydrogen-bond acceptors (Lipinski definition) is 9. The van der Waals surface area contributed by atoms with E-state index < -0.39 is 49.2 Å². The number of aliphatic hydroxyl groups excluding tert-OH is 6. The lowest BCUT2D eigenvalue weighted by molar-refractivity contribution is -0.301. The van der Waals surface area contributed by atoms with Crippen molar-refractivity contribution in [2.75, 3.05) is 13.2 Å². The molecular weight excluding hydrogens is 264 g/mol. The minimum absolute atomic E-state index is 0.193. The Labute approximate surface area is 108 Å². The molecule has 0 amide bonds. The third kappa shape index (κ3) is 3.05. The summed E-state index contributed by atoms with van der Waals surface area (Å²) >= 11 is 0. The van der Waals surface area contributed by atoms with Crippen LogP contribution < -0.4 is 0 Å². The first-order valence-electron chi connectivity index (χ1n) is 5.89. The summed E-state index contributed by atoms with van der Waals surface area (Å²) in [7, 11) is 0. The topological polar surface area (TPSA) is 149 Å². The quantitative estimate of drug-likeness (QED) is 0.297. The molecule has 0 radical (unpaired) electrons. The van der Waals surface area contributed by atoms with Crippen molar-refractivity contribution >= 4 is 0 Å². The molecule has 2 heterocycles. The minimum Gasteiger partial charge on any atom is -0.387 e. The van der Waals surface area contributed by atoms with Crippen LogP contribution in [0.1, 0.15) is 0 Å². The highest BCUT2D eigenvalue weighted by Crippen LogP contribution is 2.22. The maximum absolute atomic E-state index is 9.69. The van der Waals surface area contributed by atoms with Crippen LogP contribution in [0.25, 0.3) is 0 Å². The molecule has 112 valence electrons. The zero-order valence-electron chi connectivity index (χ0n) is 9.94. The summed E-state index contributed by atoms with van der Waals surface area (Å²) in [5.74, 6) is 0. The van der Waals surface area contributed by atoms with Gasteiger partial charge in [-0.25, -0.2) is 0 Å². The molecule has 9 heteroatoms. The van der Waals surface area contributed by atoms with Crippen molar-refractivity contribution in [2.24, 2.45) is 0 Å². The summed E-state index contributed by atoms with van der Waals surface area (Å²) in [5, 5.41) is 56.6. The second-order valence-electron chi connectivity index (χ2n) is 4.62. The van der Waals surface area contributed by atoms with Gasteiger partial charge in [-0.15, -0.1) is 0 Å². The zero-order valence-corrected chi connectivity index (χ0v) is 9.94. The molecule has 0 unspecified atom stereocenters. The lowest BCUT2D eigenvalue weighted by atomic mass is 10.0. The standard InChI is InChI=1S/C10H18O9/c11-5-3(1-17-9(15)7(5)13)19-4-2-18-10(16)8(14)6(4)12/h3-16H,1-2H2/t3-,4-,5-,6+,7+,8-,9-,10+/m1/s1. The van der Waals surface area contributed by atoms with E-state index in [4.69, 9.17) is 24.4 Å². The van der Waals surface area contributed by atoms with E-state index in [-0.39, 0.29) is 13.2 Å². The molecule has 2 saturated heterocycles. The molecule has 0 spiro atoms. The van der Waals surface area contributed by atoms with Crippen LogP contribution in [0.2, 0.25) is 0 Å². The molecule has 19 heavy (non-hydrogen) atoms. The van der Waals surface area contributed by atoms with Gasteiger partial charge in [-0.3, -0.25) is 0 Å². The van der Waals surface area contributed by atoms with Crippen LogP contribution >= 0.6 is 0 Å². The van der Waals surface area contributed by atoms with Crippen LogP contribution in [-0.4, -0.2) is 93.1 Å². The number of aliphatic hydroxyl groups is 6. The molecule has 0 bridgehead atoms. The molecule has 9 nitrogen and oxygen atoms in total. The molecule has 2 fully saturated rings. The molecular formula is C10H18O9. The van der Waals surface area contributed by atoms with Crippen molar-refractivity contribution < 1.29 is 44.8 Å². The fraction of sp³-hybridized carbons (Fsp3) is 1.00. The maximum Gasteiger partial charge on any atom is 0.183 e. The second kappa shape index (κ2) is 5.95. The van der Waals surface area contributed by atoms with Gasteiger partial charge in [-0.1, -0.05) is 0 Å². The third-order valence-corrected chi connectivity index (χ3v) is 3.26. The van der Waals surface area contributed by atoms with Gasteiger partial charge in [-0.2, -0.15) is 0 Å². The van der Waals surface area contributed by atoms with Crippen molar-refractivity contribution in [2.45, 2.75) is 49.2 Å². The summed E-state index contributed by atoms with van der Waals surface area (Å²) in [6, 6.07) is 0. The lowest BCUT2D eigenvalue weighted by Gasteiger charge is -2.40. The first-order chi connectivity index (χ1) is 8.91. The first-order valence-corrected chi connectivity index (χ1v) is 5.89. The van der Waals surface area contributed by atoms with E-state index in [9.17, 15) is 20.4 Å². The van der Waals surface area contributed by atoms with Gasteiger partial charge in [0.1, 0.15) is 36.6 Å². The van der Waals surface area contributed by atoms with Crippen molar-refractivity contribution in [3.8, 4) is 0 Å². The molecule has 8 atom stereocenters. The van der Waals surface area contributed by atoms with Gasteiger partial charge in [0.25, 0.3) is 0 Å². The first kappa shape index (κ1) is 15.0. The second-order valence-corrected chi connectivity index (χ2v) is 4.62. The van der Waals surface area contributed by atoms with Gasteiger partial charge < -0.3 is 44.8 Å². The predicted molar refractivity (Wildman–Crippen MR) is 56.6 cm³/mol. The van der Waals surface area contributed by atoms with Crippen LogP contribution in [-0.2, 0) is 14.2 Å². The van der Waals surface area contributed by atoms with Crippen molar-refractivity contribution in [1.29, 1.82) is 0 Å². The highest BCUT2D eigenvalue weighted by Gasteiger charge is 2.43. The smallest absolute Gasteiger partial charge is 0.183 e. The third-order valence-electron chi connectivity index (χ3n) is 3.26. The molecule has 2 aliphatic rings. The fourth-order valence-corrected chi connectivity index (χ4v) is 2.02. The Morgan fingerprint density at radius 1 is 0.632 bits per heavy atom. The minimum atomic E-state index is -1.53. The summed E-state index contributed by atoms with van der Waals surface area (Å²) < 4.78 is 14.9. The molecule has 0 aliphatic carbocycles. The average Bonchev–Trinajstić information content (AvgIpc) is 2.39. The Balaban J connectivity index is 1.94. The molecule has 6 N–H and O–H groups in total. The highest BCUT2D eigenvalue weighted by molar-refractivity contribution is 4.88. The van der Waals surface area contributed by atoms with E-state index in [1.54, 1.807) is 0 Å². The summed E-state index contributed by atoms with van der Waals surface area (Å²) in [6.45, 7) is -0.386. The maximum atomic E-state index is 9.69. The molecule has 2 rings (SSSR count). The van der Waals surface area contributed by atoms with Crippen molar-refractivity contribution in [3.05, 3.63) is 0 Å². The fourth-order valence-electron chi connectivity index (χ4n) is 2.02.